The van der Waals surface area contributed by atoms with Crippen molar-refractivity contribution < 1.29 is 9.69 Å². The zero-order valence-corrected chi connectivity index (χ0v) is 7.49. The summed E-state index contributed by atoms with van der Waals surface area (Å²) >= 11 is 5.47. The molecule has 0 atom stereocenters. The van der Waals surface area contributed by atoms with E-state index in [9.17, 15) is 4.79 Å². The van der Waals surface area contributed by atoms with Crippen molar-refractivity contribution in [2.45, 2.75) is 25.7 Å². The second kappa shape index (κ2) is 4.73. The fraction of sp³-hybridized carbons (Fsp3) is 0.875. The fourth-order valence-corrected chi connectivity index (χ4v) is 1.72. The standard InChI is InChI=1S/C8H14ClNO/c9-7-8(11)10-5-3-1-2-4-6-10/h1-7H2/p+1. The zero-order valence-electron chi connectivity index (χ0n) is 6.74. The molecule has 0 bridgehead atoms. The summed E-state index contributed by atoms with van der Waals surface area (Å²) in [6, 6.07) is 0. The van der Waals surface area contributed by atoms with Crippen molar-refractivity contribution in [3.8, 4) is 0 Å². The predicted molar refractivity (Wildman–Crippen MR) is 44.9 cm³/mol. The normalized spacial score (nSPS) is 21.2. The van der Waals surface area contributed by atoms with Crippen LogP contribution in [0.1, 0.15) is 25.7 Å². The summed E-state index contributed by atoms with van der Waals surface area (Å²) in [5.41, 5.74) is 0. The van der Waals surface area contributed by atoms with E-state index in [1.165, 1.54) is 25.7 Å². The first kappa shape index (κ1) is 9.01. The molecule has 1 heterocycles. The van der Waals surface area contributed by atoms with Crippen molar-refractivity contribution in [2.24, 2.45) is 0 Å². The first-order valence-corrected chi connectivity index (χ1v) is 4.82. The van der Waals surface area contributed by atoms with E-state index in [0.717, 1.165) is 18.0 Å². The van der Waals surface area contributed by atoms with Crippen molar-refractivity contribution in [1.29, 1.82) is 0 Å². The molecule has 0 aromatic heterocycles. The monoisotopic (exact) mass is 176 g/mol. The van der Waals surface area contributed by atoms with Crippen LogP contribution in [0, 0.1) is 0 Å². The van der Waals surface area contributed by atoms with Gasteiger partial charge in [0.2, 0.25) is 0 Å². The number of likely N-dealkylation sites (tertiary alicyclic amines) is 1. The van der Waals surface area contributed by atoms with Gasteiger partial charge in [-0.3, -0.25) is 4.90 Å². The number of rotatable bonds is 1. The molecule has 1 rings (SSSR count). The molecule has 0 aliphatic carbocycles. The van der Waals surface area contributed by atoms with Gasteiger partial charge in [0.05, 0.1) is 13.1 Å². The summed E-state index contributed by atoms with van der Waals surface area (Å²) in [4.78, 5) is 12.2. The quantitative estimate of drug-likeness (QED) is 0.567. The molecule has 0 aromatic rings. The average Bonchev–Trinajstić information content (AvgIpc) is 2.30. The molecule has 11 heavy (non-hydrogen) atoms. The maximum atomic E-state index is 11.2. The average molecular weight is 177 g/mol. The summed E-state index contributed by atoms with van der Waals surface area (Å²) in [6.45, 7) is 1.98. The number of hydrogen-bond donors (Lipinski definition) is 1. The van der Waals surface area contributed by atoms with Crippen LogP contribution in [-0.4, -0.2) is 24.9 Å². The van der Waals surface area contributed by atoms with Crippen LogP contribution in [0.2, 0.25) is 0 Å². The van der Waals surface area contributed by atoms with Gasteiger partial charge in [-0.1, -0.05) is 0 Å². The van der Waals surface area contributed by atoms with E-state index in [-0.39, 0.29) is 11.8 Å². The van der Waals surface area contributed by atoms with Crippen LogP contribution in [0.4, 0.5) is 0 Å². The summed E-state index contributed by atoms with van der Waals surface area (Å²) in [5, 5.41) is 0. The van der Waals surface area contributed by atoms with E-state index in [0.29, 0.717) is 0 Å². The Labute approximate surface area is 72.5 Å². The third-order valence-electron chi connectivity index (χ3n) is 2.22. The number of hydrogen-bond acceptors (Lipinski definition) is 1. The molecule has 64 valence electrons. The lowest BCUT2D eigenvalue weighted by Gasteiger charge is -2.11. The summed E-state index contributed by atoms with van der Waals surface area (Å²) < 4.78 is 0. The molecule has 0 spiro atoms. The minimum Gasteiger partial charge on any atom is -0.271 e. The first-order valence-electron chi connectivity index (χ1n) is 4.28. The van der Waals surface area contributed by atoms with Crippen LogP contribution < -0.4 is 4.90 Å². The van der Waals surface area contributed by atoms with E-state index >= 15 is 0 Å². The SMILES string of the molecule is O=C(CCl)[NH+]1CCCCCC1. The maximum Gasteiger partial charge on any atom is 0.326 e. The number of alkyl halides is 1. The van der Waals surface area contributed by atoms with Crippen LogP contribution in [0.25, 0.3) is 0 Å². The summed E-state index contributed by atoms with van der Waals surface area (Å²) in [5.74, 6) is 0.351. The highest BCUT2D eigenvalue weighted by Crippen LogP contribution is 1.99. The molecule has 1 fully saturated rings. The number of carbonyl (C=O) groups is 1. The first-order chi connectivity index (χ1) is 5.34. The molecule has 1 aliphatic rings. The Balaban J connectivity index is 2.36. The van der Waals surface area contributed by atoms with Gasteiger partial charge in [0, 0.05) is 0 Å². The Morgan fingerprint density at radius 3 is 2.18 bits per heavy atom. The highest BCUT2D eigenvalue weighted by atomic mass is 35.5. The van der Waals surface area contributed by atoms with Crippen molar-refractivity contribution in [2.75, 3.05) is 19.0 Å². The highest BCUT2D eigenvalue weighted by Gasteiger charge is 2.18. The van der Waals surface area contributed by atoms with E-state index in [4.69, 9.17) is 11.6 Å². The Hall–Kier alpha value is -0.0800. The molecule has 1 amide bonds. The van der Waals surface area contributed by atoms with Gasteiger partial charge in [0.25, 0.3) is 0 Å². The maximum absolute atomic E-state index is 11.2. The molecule has 0 radical (unpaired) electrons. The van der Waals surface area contributed by atoms with Gasteiger partial charge in [-0.25, -0.2) is 4.79 Å². The van der Waals surface area contributed by atoms with E-state index in [2.05, 4.69) is 0 Å². The lowest BCUT2D eigenvalue weighted by Crippen LogP contribution is -3.14. The molecule has 3 heteroatoms. The van der Waals surface area contributed by atoms with Crippen molar-refractivity contribution in [1.82, 2.24) is 0 Å². The van der Waals surface area contributed by atoms with Crippen LogP contribution in [0.15, 0.2) is 0 Å². The highest BCUT2D eigenvalue weighted by molar-refractivity contribution is 6.26. The van der Waals surface area contributed by atoms with Crippen LogP contribution in [-0.2, 0) is 4.79 Å². The molecule has 0 aromatic carbocycles. The van der Waals surface area contributed by atoms with Gasteiger partial charge < -0.3 is 0 Å². The third-order valence-corrected chi connectivity index (χ3v) is 2.47. The Morgan fingerprint density at radius 1 is 1.18 bits per heavy atom. The number of quaternary nitrogens is 1. The fourth-order valence-electron chi connectivity index (χ4n) is 1.53. The van der Waals surface area contributed by atoms with Crippen LogP contribution >= 0.6 is 11.6 Å². The second-order valence-corrected chi connectivity index (χ2v) is 3.34. The smallest absolute Gasteiger partial charge is 0.271 e. The van der Waals surface area contributed by atoms with Crippen molar-refractivity contribution in [3.05, 3.63) is 0 Å². The van der Waals surface area contributed by atoms with Gasteiger partial charge in [0.1, 0.15) is 5.88 Å². The topological polar surface area (TPSA) is 21.5 Å². The molecule has 0 saturated carbocycles. The van der Waals surface area contributed by atoms with E-state index < -0.39 is 0 Å². The molecule has 1 aliphatic heterocycles. The third kappa shape index (κ3) is 2.80. The molecule has 1 N–H and O–H groups in total. The van der Waals surface area contributed by atoms with Gasteiger partial charge >= 0.3 is 5.91 Å². The van der Waals surface area contributed by atoms with Crippen LogP contribution in [0.3, 0.4) is 0 Å². The largest absolute Gasteiger partial charge is 0.326 e. The number of nitrogens with one attached hydrogen (secondary N) is 1. The van der Waals surface area contributed by atoms with Crippen LogP contribution in [0.5, 0.6) is 0 Å². The molecular weight excluding hydrogens is 162 g/mol. The summed E-state index contributed by atoms with van der Waals surface area (Å²) in [6.07, 6.45) is 4.91. The van der Waals surface area contributed by atoms with Crippen molar-refractivity contribution >= 4 is 17.5 Å². The Morgan fingerprint density at radius 2 is 1.73 bits per heavy atom. The van der Waals surface area contributed by atoms with E-state index in [1.54, 1.807) is 0 Å². The number of amides is 1. The second-order valence-electron chi connectivity index (χ2n) is 3.07. The van der Waals surface area contributed by atoms with Crippen molar-refractivity contribution in [3.63, 3.8) is 0 Å². The minimum absolute atomic E-state index is 0.175. The molecular formula is C8H15ClNO+. The molecule has 0 unspecified atom stereocenters. The predicted octanol–water partition coefficient (Wildman–Crippen LogP) is 0.211. The lowest BCUT2D eigenvalue weighted by atomic mass is 10.2. The van der Waals surface area contributed by atoms with Gasteiger partial charge in [-0.05, 0) is 25.7 Å². The molecule has 1 saturated heterocycles. The summed E-state index contributed by atoms with van der Waals surface area (Å²) in [7, 11) is 0. The van der Waals surface area contributed by atoms with Gasteiger partial charge in [-0.2, -0.15) is 0 Å². The zero-order chi connectivity index (χ0) is 8.10. The molecule has 2 nitrogen and oxygen atoms in total. The minimum atomic E-state index is 0.175. The lowest BCUT2D eigenvalue weighted by molar-refractivity contribution is -0.818. The number of carbonyl (C=O) groups excluding carboxylic acids is 1. The number of halogens is 1. The Kier molecular flexibility index (Phi) is 3.87. The van der Waals surface area contributed by atoms with Gasteiger partial charge in [-0.15, -0.1) is 11.6 Å². The Bertz CT molecular complexity index is 130. The van der Waals surface area contributed by atoms with Gasteiger partial charge in [0.15, 0.2) is 0 Å². The van der Waals surface area contributed by atoms with E-state index in [1.807, 2.05) is 0 Å².